The number of furan rings is 1. The standard InChI is InChI=1S/C14H13N3OS/c1-9-7-8-18-12(9)14-17-16-13(19-14)11(15)10-5-3-2-4-6-10/h2-8,11H,15H2,1H3. The highest BCUT2D eigenvalue weighted by molar-refractivity contribution is 7.14. The summed E-state index contributed by atoms with van der Waals surface area (Å²) in [7, 11) is 0. The van der Waals surface area contributed by atoms with Crippen molar-refractivity contribution in [2.24, 2.45) is 5.73 Å². The number of hydrogen-bond acceptors (Lipinski definition) is 5. The molecule has 0 amide bonds. The lowest BCUT2D eigenvalue weighted by atomic mass is 10.1. The first-order chi connectivity index (χ1) is 9.25. The van der Waals surface area contributed by atoms with Gasteiger partial charge < -0.3 is 10.2 Å². The molecule has 0 saturated heterocycles. The highest BCUT2D eigenvalue weighted by atomic mass is 32.1. The van der Waals surface area contributed by atoms with E-state index < -0.39 is 0 Å². The Morgan fingerprint density at radius 1 is 1.16 bits per heavy atom. The van der Waals surface area contributed by atoms with Gasteiger partial charge in [-0.05, 0) is 24.1 Å². The molecule has 2 heterocycles. The number of nitrogens with zero attached hydrogens (tertiary/aromatic N) is 2. The normalized spacial score (nSPS) is 12.5. The highest BCUT2D eigenvalue weighted by Crippen LogP contribution is 2.30. The number of aromatic nitrogens is 2. The zero-order valence-corrected chi connectivity index (χ0v) is 11.2. The fourth-order valence-corrected chi connectivity index (χ4v) is 2.77. The molecule has 1 aromatic carbocycles. The largest absolute Gasteiger partial charge is 0.461 e. The van der Waals surface area contributed by atoms with Crippen LogP contribution in [0.25, 0.3) is 10.8 Å². The van der Waals surface area contributed by atoms with E-state index in [0.29, 0.717) is 0 Å². The Morgan fingerprint density at radius 3 is 2.63 bits per heavy atom. The Morgan fingerprint density at radius 2 is 1.95 bits per heavy atom. The van der Waals surface area contributed by atoms with Gasteiger partial charge in [-0.1, -0.05) is 41.7 Å². The van der Waals surface area contributed by atoms with Gasteiger partial charge in [0, 0.05) is 0 Å². The van der Waals surface area contributed by atoms with Crippen LogP contribution in [0.2, 0.25) is 0 Å². The van der Waals surface area contributed by atoms with E-state index in [1.165, 1.54) is 11.3 Å². The second-order valence-electron chi connectivity index (χ2n) is 4.27. The maximum Gasteiger partial charge on any atom is 0.183 e. The van der Waals surface area contributed by atoms with Gasteiger partial charge in [-0.15, -0.1) is 10.2 Å². The number of hydrogen-bond donors (Lipinski definition) is 1. The molecule has 2 N–H and O–H groups in total. The lowest BCUT2D eigenvalue weighted by molar-refractivity contribution is 0.579. The van der Waals surface area contributed by atoms with E-state index in [4.69, 9.17) is 10.2 Å². The maximum absolute atomic E-state index is 6.20. The molecule has 0 radical (unpaired) electrons. The summed E-state index contributed by atoms with van der Waals surface area (Å²) < 4.78 is 5.42. The van der Waals surface area contributed by atoms with Crippen molar-refractivity contribution >= 4 is 11.3 Å². The predicted octanol–water partition coefficient (Wildman–Crippen LogP) is 3.15. The van der Waals surface area contributed by atoms with Crippen LogP contribution in [0.5, 0.6) is 0 Å². The Balaban J connectivity index is 1.92. The average molecular weight is 271 g/mol. The van der Waals surface area contributed by atoms with Crippen LogP contribution < -0.4 is 5.73 Å². The van der Waals surface area contributed by atoms with E-state index in [-0.39, 0.29) is 6.04 Å². The van der Waals surface area contributed by atoms with Crippen LogP contribution in [0.1, 0.15) is 22.2 Å². The Hall–Kier alpha value is -1.98. The van der Waals surface area contributed by atoms with Gasteiger partial charge >= 0.3 is 0 Å². The molecule has 3 aromatic rings. The molecular formula is C14H13N3OS. The second kappa shape index (κ2) is 4.95. The minimum absolute atomic E-state index is 0.247. The summed E-state index contributed by atoms with van der Waals surface area (Å²) >= 11 is 1.47. The third-order valence-electron chi connectivity index (χ3n) is 2.92. The van der Waals surface area contributed by atoms with Crippen LogP contribution in [-0.4, -0.2) is 10.2 Å². The summed E-state index contributed by atoms with van der Waals surface area (Å²) in [5.74, 6) is 0.768. The van der Waals surface area contributed by atoms with Gasteiger partial charge in [0.2, 0.25) is 0 Å². The molecule has 4 nitrogen and oxygen atoms in total. The quantitative estimate of drug-likeness (QED) is 0.794. The lowest BCUT2D eigenvalue weighted by Gasteiger charge is -2.06. The van der Waals surface area contributed by atoms with Gasteiger partial charge in [0.1, 0.15) is 5.01 Å². The summed E-state index contributed by atoms with van der Waals surface area (Å²) in [4.78, 5) is 0. The second-order valence-corrected chi connectivity index (χ2v) is 5.28. The molecule has 1 atom stereocenters. The molecule has 19 heavy (non-hydrogen) atoms. The van der Waals surface area contributed by atoms with Crippen molar-refractivity contribution in [2.45, 2.75) is 13.0 Å². The van der Waals surface area contributed by atoms with E-state index in [0.717, 1.165) is 26.9 Å². The lowest BCUT2D eigenvalue weighted by Crippen LogP contribution is -2.11. The topological polar surface area (TPSA) is 64.9 Å². The minimum Gasteiger partial charge on any atom is -0.461 e. The smallest absolute Gasteiger partial charge is 0.183 e. The number of benzene rings is 1. The van der Waals surface area contributed by atoms with Crippen LogP contribution in [0.4, 0.5) is 0 Å². The van der Waals surface area contributed by atoms with Crippen LogP contribution in [0.15, 0.2) is 47.1 Å². The SMILES string of the molecule is Cc1ccoc1-c1nnc(C(N)c2ccccc2)s1. The number of nitrogens with two attached hydrogens (primary N) is 1. The molecule has 96 valence electrons. The Labute approximate surface area is 114 Å². The van der Waals surface area contributed by atoms with Crippen molar-refractivity contribution in [3.8, 4) is 10.8 Å². The van der Waals surface area contributed by atoms with Gasteiger partial charge in [0.25, 0.3) is 0 Å². The molecule has 0 bridgehead atoms. The fraction of sp³-hybridized carbons (Fsp3) is 0.143. The van der Waals surface area contributed by atoms with Crippen molar-refractivity contribution in [2.75, 3.05) is 0 Å². The van der Waals surface area contributed by atoms with E-state index in [9.17, 15) is 0 Å². The molecule has 3 rings (SSSR count). The van der Waals surface area contributed by atoms with Crippen molar-refractivity contribution in [3.63, 3.8) is 0 Å². The van der Waals surface area contributed by atoms with Crippen molar-refractivity contribution in [1.82, 2.24) is 10.2 Å². The van der Waals surface area contributed by atoms with Crippen LogP contribution >= 0.6 is 11.3 Å². The van der Waals surface area contributed by atoms with E-state index in [1.807, 2.05) is 43.3 Å². The molecular weight excluding hydrogens is 258 g/mol. The van der Waals surface area contributed by atoms with Crippen LogP contribution in [0, 0.1) is 6.92 Å². The van der Waals surface area contributed by atoms with Crippen LogP contribution in [0.3, 0.4) is 0 Å². The number of aryl methyl sites for hydroxylation is 1. The zero-order chi connectivity index (χ0) is 13.2. The third kappa shape index (κ3) is 2.30. The highest BCUT2D eigenvalue weighted by Gasteiger charge is 2.17. The fourth-order valence-electron chi connectivity index (χ4n) is 1.85. The third-order valence-corrected chi connectivity index (χ3v) is 3.93. The molecule has 1 unspecified atom stereocenters. The van der Waals surface area contributed by atoms with Crippen molar-refractivity contribution in [3.05, 3.63) is 58.8 Å². The first-order valence-electron chi connectivity index (χ1n) is 5.94. The minimum atomic E-state index is -0.247. The first-order valence-corrected chi connectivity index (χ1v) is 6.76. The predicted molar refractivity (Wildman–Crippen MR) is 74.8 cm³/mol. The Bertz CT molecular complexity index is 675. The summed E-state index contributed by atoms with van der Waals surface area (Å²) in [6.07, 6.45) is 1.66. The molecule has 0 aliphatic rings. The van der Waals surface area contributed by atoms with Gasteiger partial charge in [0.05, 0.1) is 12.3 Å². The van der Waals surface area contributed by atoms with E-state index in [2.05, 4.69) is 10.2 Å². The van der Waals surface area contributed by atoms with Crippen molar-refractivity contribution in [1.29, 1.82) is 0 Å². The van der Waals surface area contributed by atoms with E-state index in [1.54, 1.807) is 6.26 Å². The van der Waals surface area contributed by atoms with Gasteiger partial charge in [0.15, 0.2) is 10.8 Å². The van der Waals surface area contributed by atoms with E-state index >= 15 is 0 Å². The maximum atomic E-state index is 6.20. The number of rotatable bonds is 3. The zero-order valence-electron chi connectivity index (χ0n) is 10.4. The Kier molecular flexibility index (Phi) is 3.15. The molecule has 0 aliphatic heterocycles. The summed E-state index contributed by atoms with van der Waals surface area (Å²) in [5.41, 5.74) is 8.28. The van der Waals surface area contributed by atoms with Gasteiger partial charge in [-0.25, -0.2) is 0 Å². The molecule has 5 heteroatoms. The van der Waals surface area contributed by atoms with Gasteiger partial charge in [-0.3, -0.25) is 0 Å². The first kappa shape index (κ1) is 12.1. The monoisotopic (exact) mass is 271 g/mol. The molecule has 0 saturated carbocycles. The summed E-state index contributed by atoms with van der Waals surface area (Å²) in [6, 6.07) is 11.5. The summed E-state index contributed by atoms with van der Waals surface area (Å²) in [6.45, 7) is 1.98. The summed E-state index contributed by atoms with van der Waals surface area (Å²) in [5, 5.41) is 9.89. The molecule has 0 fully saturated rings. The molecule has 2 aromatic heterocycles. The van der Waals surface area contributed by atoms with Crippen LogP contribution in [-0.2, 0) is 0 Å². The van der Waals surface area contributed by atoms with Gasteiger partial charge in [-0.2, -0.15) is 0 Å². The molecule has 0 spiro atoms. The van der Waals surface area contributed by atoms with Crippen molar-refractivity contribution < 1.29 is 4.42 Å². The molecule has 0 aliphatic carbocycles. The average Bonchev–Trinajstić information content (AvgIpc) is 3.07.